The fourth-order valence-electron chi connectivity index (χ4n) is 5.93. The van der Waals surface area contributed by atoms with Crippen molar-refractivity contribution in [3.05, 3.63) is 22.4 Å². The molecule has 2 bridgehead atoms. The number of piperidine rings is 3. The number of thiophene rings is 1. The van der Waals surface area contributed by atoms with Gasteiger partial charge in [0.25, 0.3) is 0 Å². The first-order valence-electron chi connectivity index (χ1n) is 11.4. The van der Waals surface area contributed by atoms with Gasteiger partial charge >= 0.3 is 5.97 Å². The molecule has 3 aliphatic heterocycles. The van der Waals surface area contributed by atoms with Gasteiger partial charge in [-0.1, -0.05) is 18.9 Å². The molecule has 2 atom stereocenters. The van der Waals surface area contributed by atoms with Crippen LogP contribution in [0.1, 0.15) is 49.8 Å². The van der Waals surface area contributed by atoms with Gasteiger partial charge in [0, 0.05) is 42.5 Å². The average molecular weight is 422 g/mol. The molecule has 0 unspecified atom stereocenters. The number of ether oxygens (including phenoxy) is 1. The largest absolute Gasteiger partial charge is 0.454 e. The summed E-state index contributed by atoms with van der Waals surface area (Å²) in [6.45, 7) is 5.62. The highest BCUT2D eigenvalue weighted by atomic mass is 32.1. The zero-order chi connectivity index (χ0) is 20.5. The van der Waals surface area contributed by atoms with Crippen molar-refractivity contribution < 1.29 is 19.1 Å². The Kier molecular flexibility index (Phi) is 6.35. The third kappa shape index (κ3) is 4.27. The van der Waals surface area contributed by atoms with Crippen molar-refractivity contribution in [3.8, 4) is 0 Å². The van der Waals surface area contributed by atoms with Gasteiger partial charge in [0.1, 0.15) is 6.54 Å². The minimum absolute atomic E-state index is 0.0158. The smallest absolute Gasteiger partial charge is 0.344 e. The van der Waals surface area contributed by atoms with E-state index in [9.17, 15) is 9.90 Å². The molecule has 6 heteroatoms. The van der Waals surface area contributed by atoms with E-state index < -0.39 is 11.6 Å². The van der Waals surface area contributed by atoms with E-state index in [1.165, 1.54) is 30.8 Å². The van der Waals surface area contributed by atoms with Crippen molar-refractivity contribution in [2.24, 2.45) is 11.8 Å². The monoisotopic (exact) mass is 421 g/mol. The van der Waals surface area contributed by atoms with Gasteiger partial charge in [0.2, 0.25) is 0 Å². The van der Waals surface area contributed by atoms with Crippen LogP contribution in [0.25, 0.3) is 0 Å². The number of rotatable bonds is 8. The minimum Gasteiger partial charge on any atom is -0.454 e. The molecule has 0 spiro atoms. The lowest BCUT2D eigenvalue weighted by molar-refractivity contribution is -0.946. The quantitative estimate of drug-likeness (QED) is 0.517. The van der Waals surface area contributed by atoms with Crippen molar-refractivity contribution in [2.75, 3.05) is 46.8 Å². The molecule has 1 saturated carbocycles. The number of esters is 1. The summed E-state index contributed by atoms with van der Waals surface area (Å²) >= 11 is 1.48. The molecule has 1 aliphatic carbocycles. The molecule has 4 heterocycles. The zero-order valence-corrected chi connectivity index (χ0v) is 18.8. The Bertz CT molecular complexity index is 678. The topological polar surface area (TPSA) is 49.8 Å². The first kappa shape index (κ1) is 21.3. The van der Waals surface area contributed by atoms with Crippen molar-refractivity contribution >= 4 is 17.3 Å². The fraction of sp³-hybridized carbons (Fsp3) is 0.783. The molecular weight excluding hydrogens is 384 g/mol. The molecule has 4 fully saturated rings. The second-order valence-corrected chi connectivity index (χ2v) is 10.8. The number of hydrogen-bond donors (Lipinski definition) is 1. The zero-order valence-electron chi connectivity index (χ0n) is 18.0. The first-order chi connectivity index (χ1) is 13.9. The summed E-state index contributed by atoms with van der Waals surface area (Å²) in [6, 6.07) is 3.82. The van der Waals surface area contributed by atoms with E-state index in [-0.39, 0.29) is 12.0 Å². The molecule has 162 valence electrons. The molecule has 0 radical (unpaired) electrons. The highest BCUT2D eigenvalue weighted by molar-refractivity contribution is 7.10. The summed E-state index contributed by atoms with van der Waals surface area (Å²) in [6.07, 6.45) is 7.40. The maximum absolute atomic E-state index is 13.4. The number of quaternary nitrogens is 1. The fourth-order valence-corrected chi connectivity index (χ4v) is 6.82. The Morgan fingerprint density at radius 2 is 2.00 bits per heavy atom. The second kappa shape index (κ2) is 8.66. The number of hydrogen-bond acceptors (Lipinski definition) is 5. The van der Waals surface area contributed by atoms with Crippen LogP contribution in [0.3, 0.4) is 0 Å². The normalized spacial score (nSPS) is 31.9. The molecule has 29 heavy (non-hydrogen) atoms. The maximum Gasteiger partial charge on any atom is 0.344 e. The molecule has 5 rings (SSSR count). The van der Waals surface area contributed by atoms with Gasteiger partial charge in [-0.05, 0) is 38.4 Å². The second-order valence-electron chi connectivity index (χ2n) is 9.86. The Morgan fingerprint density at radius 1 is 1.28 bits per heavy atom. The van der Waals surface area contributed by atoms with Gasteiger partial charge in [-0.3, -0.25) is 0 Å². The van der Waals surface area contributed by atoms with Crippen molar-refractivity contribution in [2.45, 2.75) is 56.7 Å². The van der Waals surface area contributed by atoms with Crippen molar-refractivity contribution in [1.29, 1.82) is 0 Å². The highest BCUT2D eigenvalue weighted by Crippen LogP contribution is 2.44. The molecule has 5 nitrogen and oxygen atoms in total. The van der Waals surface area contributed by atoms with Crippen LogP contribution in [0.5, 0.6) is 0 Å². The lowest BCUT2D eigenvalue weighted by Gasteiger charge is -2.52. The van der Waals surface area contributed by atoms with Crippen LogP contribution >= 0.6 is 11.3 Å². The van der Waals surface area contributed by atoms with Crippen molar-refractivity contribution in [1.82, 2.24) is 4.90 Å². The predicted octanol–water partition coefficient (Wildman–Crippen LogP) is 3.23. The molecule has 1 aromatic heterocycles. The van der Waals surface area contributed by atoms with E-state index >= 15 is 0 Å². The average Bonchev–Trinajstić information content (AvgIpc) is 3.42. The number of fused-ring (bicyclic) bond motifs is 3. The minimum atomic E-state index is -1.47. The van der Waals surface area contributed by atoms with E-state index in [2.05, 4.69) is 19.0 Å². The number of nitrogens with zero attached hydrogens (tertiary/aromatic N) is 2. The van der Waals surface area contributed by atoms with E-state index in [1.54, 1.807) is 0 Å². The van der Waals surface area contributed by atoms with Gasteiger partial charge in [0.05, 0.1) is 19.6 Å². The van der Waals surface area contributed by atoms with Crippen LogP contribution < -0.4 is 0 Å². The standard InChI is InChI=1S/C23H37N2O3S/c1-24(2)12-6-13-25-14-10-18(11-15-25)20(17-25)28-22(26)23(27,19-7-3-4-8-19)21-9-5-16-29-21/h5,9,16,18-20,27H,3-4,6-8,10-15,17H2,1-2H3/q+1/t18?,20-,23+,25?/m0/s1. The molecule has 1 N–H and O–H groups in total. The van der Waals surface area contributed by atoms with E-state index in [1.807, 2.05) is 17.5 Å². The Balaban J connectivity index is 1.46. The first-order valence-corrected chi connectivity index (χ1v) is 12.3. The summed E-state index contributed by atoms with van der Waals surface area (Å²) in [7, 11) is 4.25. The Hall–Kier alpha value is -0.950. The van der Waals surface area contributed by atoms with Gasteiger partial charge in [-0.25, -0.2) is 4.79 Å². The van der Waals surface area contributed by atoms with Gasteiger partial charge < -0.3 is 19.2 Å². The Labute approximate surface area is 179 Å². The summed E-state index contributed by atoms with van der Waals surface area (Å²) in [5, 5.41) is 13.6. The van der Waals surface area contributed by atoms with Crippen LogP contribution in [0.4, 0.5) is 0 Å². The summed E-state index contributed by atoms with van der Waals surface area (Å²) in [4.78, 5) is 16.4. The van der Waals surface area contributed by atoms with Gasteiger partial charge in [0.15, 0.2) is 11.7 Å². The summed E-state index contributed by atoms with van der Waals surface area (Å²) in [5.74, 6) is 0.0546. The molecule has 1 aromatic rings. The summed E-state index contributed by atoms with van der Waals surface area (Å²) in [5.41, 5.74) is -1.47. The van der Waals surface area contributed by atoms with Crippen LogP contribution in [0.2, 0.25) is 0 Å². The highest BCUT2D eigenvalue weighted by Gasteiger charge is 2.52. The van der Waals surface area contributed by atoms with Gasteiger partial charge in [-0.2, -0.15) is 0 Å². The lowest BCUT2D eigenvalue weighted by atomic mass is 9.82. The third-order valence-corrected chi connectivity index (χ3v) is 8.69. The van der Waals surface area contributed by atoms with Crippen LogP contribution in [-0.2, 0) is 15.1 Å². The number of carbonyl (C=O) groups excluding carboxylic acids is 1. The molecule has 0 aromatic carbocycles. The summed E-state index contributed by atoms with van der Waals surface area (Å²) < 4.78 is 7.26. The van der Waals surface area contributed by atoms with Crippen LogP contribution in [0, 0.1) is 11.8 Å². The van der Waals surface area contributed by atoms with Crippen molar-refractivity contribution in [3.63, 3.8) is 0 Å². The molecule has 4 aliphatic rings. The van der Waals surface area contributed by atoms with E-state index in [0.29, 0.717) is 5.92 Å². The SMILES string of the molecule is CN(C)CCC[N+]12CCC(CC1)[C@@H](OC(=O)[C@](O)(c1cccs1)C1CCCC1)C2. The van der Waals surface area contributed by atoms with Crippen LogP contribution in [-0.4, -0.2) is 73.4 Å². The van der Waals surface area contributed by atoms with Gasteiger partial charge in [-0.15, -0.1) is 11.3 Å². The maximum atomic E-state index is 13.4. The third-order valence-electron chi connectivity index (χ3n) is 7.69. The number of carbonyl (C=O) groups is 1. The number of aliphatic hydroxyl groups is 1. The molecule has 0 amide bonds. The van der Waals surface area contributed by atoms with Crippen LogP contribution in [0.15, 0.2) is 17.5 Å². The van der Waals surface area contributed by atoms with E-state index in [4.69, 9.17) is 4.74 Å². The predicted molar refractivity (Wildman–Crippen MR) is 116 cm³/mol. The molecular formula is C23H37N2O3S+. The Morgan fingerprint density at radius 3 is 2.62 bits per heavy atom. The molecule has 3 saturated heterocycles. The van der Waals surface area contributed by atoms with E-state index in [0.717, 1.165) is 67.5 Å². The lowest BCUT2D eigenvalue weighted by Crippen LogP contribution is -2.65.